The number of carbonyl (C=O) groups excluding carboxylic acids is 4. The van der Waals surface area contributed by atoms with E-state index in [1.165, 1.54) is 11.0 Å². The monoisotopic (exact) mass is 883 g/mol. The van der Waals surface area contributed by atoms with Crippen molar-refractivity contribution in [2.45, 2.75) is 131 Å². The number of alkyl carbamates (subject to hydrolysis) is 1. The van der Waals surface area contributed by atoms with Gasteiger partial charge in [-0.15, -0.1) is 6.58 Å². The highest BCUT2D eigenvalue weighted by Crippen LogP contribution is 2.46. The number of sulfonamides is 1. The molecular formula is C44H55F2N5O10S. The fraction of sp³-hybridized carbons (Fsp3) is 0.614. The second kappa shape index (κ2) is 17.7. The molecule has 6 aliphatic rings. The molecule has 8 rings (SSSR count). The van der Waals surface area contributed by atoms with Gasteiger partial charge in [-0.1, -0.05) is 43.2 Å². The number of para-hydroxylation sites is 1. The number of amides is 4. The second-order valence-corrected chi connectivity index (χ2v) is 19.7. The zero-order valence-corrected chi connectivity index (χ0v) is 35.4. The lowest BCUT2D eigenvalue weighted by molar-refractivity contribution is -0.142. The first-order valence-corrected chi connectivity index (χ1v) is 23.4. The average Bonchev–Trinajstić information content (AvgIpc) is 4.04. The molecule has 4 N–H and O–H groups in total. The number of aliphatic hydroxyl groups excluding tert-OH is 1. The van der Waals surface area contributed by atoms with E-state index in [4.69, 9.17) is 19.2 Å². The van der Waals surface area contributed by atoms with E-state index in [1.807, 2.05) is 12.2 Å². The second-order valence-electron chi connectivity index (χ2n) is 17.8. The van der Waals surface area contributed by atoms with Gasteiger partial charge in [-0.05, 0) is 94.6 Å². The normalized spacial score (nSPS) is 30.1. The van der Waals surface area contributed by atoms with Crippen LogP contribution in [0.3, 0.4) is 0 Å². The third-order valence-electron chi connectivity index (χ3n) is 13.4. The Hall–Kier alpha value is -4.84. The lowest BCUT2D eigenvalue weighted by atomic mass is 9.96. The van der Waals surface area contributed by atoms with Gasteiger partial charge in [0.25, 0.3) is 5.91 Å². The number of rotatable bonds is 11. The number of nitrogens with zero attached hydrogens (tertiary/aromatic N) is 2. The van der Waals surface area contributed by atoms with Crippen molar-refractivity contribution < 1.29 is 55.7 Å². The Kier molecular flexibility index (Phi) is 12.5. The summed E-state index contributed by atoms with van der Waals surface area (Å²) in [6, 6.07) is 4.50. The first-order valence-electron chi connectivity index (χ1n) is 21.8. The van der Waals surface area contributed by atoms with Crippen LogP contribution in [0, 0.1) is 17.8 Å². The van der Waals surface area contributed by atoms with Crippen molar-refractivity contribution in [3.05, 3.63) is 54.6 Å². The molecule has 0 spiro atoms. The van der Waals surface area contributed by atoms with Crippen LogP contribution in [0.4, 0.5) is 13.6 Å². The molecule has 1 aromatic heterocycles. The van der Waals surface area contributed by atoms with E-state index in [-0.39, 0.29) is 55.4 Å². The molecule has 4 aliphatic carbocycles. The van der Waals surface area contributed by atoms with Gasteiger partial charge in [-0.3, -0.25) is 19.1 Å². The van der Waals surface area contributed by atoms with E-state index in [0.29, 0.717) is 55.0 Å². The number of aromatic nitrogens is 1. The molecule has 0 unspecified atom stereocenters. The summed E-state index contributed by atoms with van der Waals surface area (Å²) in [5.41, 5.74) is -0.916. The maximum Gasteiger partial charge on any atom is 0.408 e. The van der Waals surface area contributed by atoms with Crippen LogP contribution in [0.15, 0.2) is 49.1 Å². The minimum absolute atomic E-state index is 0.0372. The third kappa shape index (κ3) is 9.26. The summed E-state index contributed by atoms with van der Waals surface area (Å²) >= 11 is 0. The maximum absolute atomic E-state index is 15.0. The Morgan fingerprint density at radius 3 is 2.53 bits per heavy atom. The summed E-state index contributed by atoms with van der Waals surface area (Å²) in [5.74, 6) is -6.35. The molecule has 3 heterocycles. The first kappa shape index (κ1) is 43.8. The van der Waals surface area contributed by atoms with Gasteiger partial charge in [0.1, 0.15) is 42.2 Å². The predicted molar refractivity (Wildman–Crippen MR) is 222 cm³/mol. The van der Waals surface area contributed by atoms with Gasteiger partial charge in [0.15, 0.2) is 6.61 Å². The van der Waals surface area contributed by atoms with Gasteiger partial charge in [0.05, 0.1) is 22.9 Å². The van der Waals surface area contributed by atoms with Gasteiger partial charge in [-0.2, -0.15) is 0 Å². The van der Waals surface area contributed by atoms with Gasteiger partial charge < -0.3 is 34.9 Å². The van der Waals surface area contributed by atoms with Crippen molar-refractivity contribution in [3.8, 4) is 11.6 Å². The van der Waals surface area contributed by atoms with Gasteiger partial charge in [-0.25, -0.2) is 27.0 Å². The zero-order chi connectivity index (χ0) is 43.8. The topological polar surface area (TPSA) is 203 Å². The minimum Gasteiger partial charge on any atom is -0.486 e. The van der Waals surface area contributed by atoms with E-state index >= 15 is 0 Å². The highest BCUT2D eigenvalue weighted by Gasteiger charge is 2.62. The largest absolute Gasteiger partial charge is 0.486 e. The molecule has 18 heteroatoms. The summed E-state index contributed by atoms with van der Waals surface area (Å²) in [6.45, 7) is 1.08. The Morgan fingerprint density at radius 2 is 1.81 bits per heavy atom. The summed E-state index contributed by atoms with van der Waals surface area (Å²) in [4.78, 5) is 63.1. The van der Waals surface area contributed by atoms with Crippen LogP contribution in [0.5, 0.6) is 11.6 Å². The summed E-state index contributed by atoms with van der Waals surface area (Å²) in [5, 5.41) is 14.8. The van der Waals surface area contributed by atoms with Crippen molar-refractivity contribution in [3.63, 3.8) is 0 Å². The van der Waals surface area contributed by atoms with E-state index in [2.05, 4.69) is 21.9 Å². The van der Waals surface area contributed by atoms with Gasteiger partial charge in [0, 0.05) is 17.7 Å². The smallest absolute Gasteiger partial charge is 0.408 e. The number of nitrogens with one attached hydrogen (secondary N) is 3. The molecule has 1 aromatic carbocycles. The molecule has 4 saturated carbocycles. The van der Waals surface area contributed by atoms with Crippen LogP contribution in [-0.2, 0) is 35.6 Å². The van der Waals surface area contributed by atoms with Crippen LogP contribution in [0.25, 0.3) is 10.9 Å². The number of allylic oxidation sites excluding steroid dienone is 2. The number of pyridine rings is 1. The molecule has 5 fully saturated rings. The third-order valence-corrected chi connectivity index (χ3v) is 15.2. The Labute approximate surface area is 359 Å². The van der Waals surface area contributed by atoms with E-state index in [0.717, 1.165) is 32.1 Å². The van der Waals surface area contributed by atoms with Crippen LogP contribution in [0.2, 0.25) is 0 Å². The fourth-order valence-corrected chi connectivity index (χ4v) is 11.0. The van der Waals surface area contributed by atoms with E-state index in [1.54, 1.807) is 24.3 Å². The number of carbonyl (C=O) groups is 4. The number of halogens is 2. The van der Waals surface area contributed by atoms with Gasteiger partial charge in [0.2, 0.25) is 27.7 Å². The van der Waals surface area contributed by atoms with Crippen molar-refractivity contribution in [1.29, 1.82) is 0 Å². The average molecular weight is 884 g/mol. The number of hydrogen-bond acceptors (Lipinski definition) is 11. The summed E-state index contributed by atoms with van der Waals surface area (Å²) < 4.78 is 75.4. The molecule has 2 bridgehead atoms. The number of benzene rings is 1. The van der Waals surface area contributed by atoms with Crippen molar-refractivity contribution >= 4 is 44.7 Å². The lowest BCUT2D eigenvalue weighted by Crippen LogP contribution is -2.59. The molecule has 2 aliphatic heterocycles. The Morgan fingerprint density at radius 1 is 1.05 bits per heavy atom. The fourth-order valence-electron chi connectivity index (χ4n) is 9.68. The maximum atomic E-state index is 15.0. The summed E-state index contributed by atoms with van der Waals surface area (Å²) in [7, 11) is -3.97. The zero-order valence-electron chi connectivity index (χ0n) is 34.6. The summed E-state index contributed by atoms with van der Waals surface area (Å²) in [6.07, 6.45) is 11.0. The van der Waals surface area contributed by atoms with Crippen molar-refractivity contribution in [1.82, 2.24) is 25.2 Å². The Balaban J connectivity index is 1.17. The first-order chi connectivity index (χ1) is 29.7. The number of hydrogen-bond donors (Lipinski definition) is 4. The highest BCUT2D eigenvalue weighted by molar-refractivity contribution is 7.91. The standard InChI is InChI=1S/C44H55F2N5O10S/c1-2-28-22-44(28,41(55)50-62(57,58)30-19-20-30)49-38(53)34-21-29-23-51(34)40(54)36(27-12-6-7-13-27)48-42(56)61-35-18-10-14-26(35)11-4-3-5-16-32-37(59-25-43(45,46)24-52)31-15-8-9-17-33(31)47-39(32)60-29/h2-3,5,8-9,15,17,26-30,34-36,52H,1,4,6-7,10-14,16,18-25H2,(H,48,56)(H,49,53)(H,50,55)/b5-3+/t26-,28-,29-,34+,35-,36+,44-/m1/s1. The number of aliphatic hydroxyl groups is 1. The van der Waals surface area contributed by atoms with Crippen LogP contribution < -0.4 is 24.8 Å². The van der Waals surface area contributed by atoms with Crippen LogP contribution in [0.1, 0.15) is 89.0 Å². The molecular weight excluding hydrogens is 829 g/mol. The SMILES string of the molecule is C=C[C@@H]1C[C@]1(NC(=O)[C@@H]1C[C@@H]2CN1C(=O)[C@H](C1CCCC1)NC(=O)O[C@@H]1CCC[C@H]1CC/C=C/Cc1c(nc3ccccc3c1OCC(F)(F)CO)O2)C(=O)NS(=O)(=O)C1CC1. The number of ether oxygens (including phenoxy) is 3. The van der Waals surface area contributed by atoms with Crippen LogP contribution >= 0.6 is 0 Å². The van der Waals surface area contributed by atoms with Crippen molar-refractivity contribution in [2.75, 3.05) is 19.8 Å². The number of alkyl halides is 2. The predicted octanol–water partition coefficient (Wildman–Crippen LogP) is 4.61. The quantitative estimate of drug-likeness (QED) is 0.230. The molecule has 0 radical (unpaired) electrons. The van der Waals surface area contributed by atoms with E-state index < -0.39 is 87.9 Å². The molecule has 4 amide bonds. The van der Waals surface area contributed by atoms with Crippen LogP contribution in [-0.4, -0.2) is 108 Å². The number of fused-ring (bicyclic) bond motifs is 5. The van der Waals surface area contributed by atoms with Crippen molar-refractivity contribution in [2.24, 2.45) is 17.8 Å². The molecule has 15 nitrogen and oxygen atoms in total. The molecule has 7 atom stereocenters. The van der Waals surface area contributed by atoms with Gasteiger partial charge >= 0.3 is 12.0 Å². The molecule has 2 aromatic rings. The Bertz CT molecular complexity index is 2220. The molecule has 62 heavy (non-hydrogen) atoms. The molecule has 1 saturated heterocycles. The lowest BCUT2D eigenvalue weighted by Gasteiger charge is -2.32. The highest BCUT2D eigenvalue weighted by atomic mass is 32.2. The minimum atomic E-state index is -3.97. The molecule has 336 valence electrons. The van der Waals surface area contributed by atoms with E-state index in [9.17, 15) is 41.5 Å².